The lowest BCUT2D eigenvalue weighted by Crippen LogP contribution is -2.55. The molecule has 1 aromatic carbocycles. The van der Waals surface area contributed by atoms with E-state index < -0.39 is 6.29 Å². The molecule has 0 radical (unpaired) electrons. The third-order valence-electron chi connectivity index (χ3n) is 9.92. The van der Waals surface area contributed by atoms with Gasteiger partial charge in [-0.15, -0.1) is 0 Å². The van der Waals surface area contributed by atoms with Gasteiger partial charge in [-0.1, -0.05) is 24.3 Å². The number of rotatable bonds is 6. The van der Waals surface area contributed by atoms with Crippen molar-refractivity contribution in [1.82, 2.24) is 9.80 Å². The summed E-state index contributed by atoms with van der Waals surface area (Å²) in [6.45, 7) is 6.66. The molecule has 1 atom stereocenters. The predicted molar refractivity (Wildman–Crippen MR) is 134 cm³/mol. The van der Waals surface area contributed by atoms with Gasteiger partial charge in [0.05, 0.1) is 0 Å². The summed E-state index contributed by atoms with van der Waals surface area (Å²) in [4.78, 5) is 17.7. The van der Waals surface area contributed by atoms with Crippen LogP contribution in [0.5, 0.6) is 0 Å². The molecule has 6 aliphatic rings. The fourth-order valence-corrected chi connectivity index (χ4v) is 8.52. The van der Waals surface area contributed by atoms with Gasteiger partial charge in [0.15, 0.2) is 6.29 Å². The maximum atomic E-state index is 13.3. The van der Waals surface area contributed by atoms with Crippen LogP contribution in [0.1, 0.15) is 69.4 Å². The second-order valence-corrected chi connectivity index (χ2v) is 12.1. The molecule has 4 saturated carbocycles. The molecule has 192 valence electrons. The van der Waals surface area contributed by atoms with E-state index in [0.717, 1.165) is 57.4 Å². The smallest absolute Gasteiger partial charge is 0.410 e. The second-order valence-electron chi connectivity index (χ2n) is 12.1. The number of ether oxygens (including phenoxy) is 2. The van der Waals surface area contributed by atoms with E-state index in [-0.39, 0.29) is 17.6 Å². The normalized spacial score (nSPS) is 34.1. The van der Waals surface area contributed by atoms with Crippen molar-refractivity contribution < 1.29 is 19.4 Å². The molecule has 1 aromatic rings. The Kier molecular flexibility index (Phi) is 6.57. The Labute approximate surface area is 209 Å². The van der Waals surface area contributed by atoms with Gasteiger partial charge in [-0.2, -0.15) is 0 Å². The highest BCUT2D eigenvalue weighted by atomic mass is 16.6. The van der Waals surface area contributed by atoms with E-state index in [1.165, 1.54) is 43.2 Å². The fourth-order valence-electron chi connectivity index (χ4n) is 8.52. The third kappa shape index (κ3) is 4.62. The Morgan fingerprint density at radius 2 is 1.77 bits per heavy atom. The number of carbonyl (C=O) groups excluding carboxylic acids is 1. The molecule has 4 bridgehead atoms. The van der Waals surface area contributed by atoms with Gasteiger partial charge in [0.2, 0.25) is 0 Å². The molecule has 6 nitrogen and oxygen atoms in total. The van der Waals surface area contributed by atoms with E-state index in [2.05, 4.69) is 29.2 Å². The molecule has 2 aliphatic heterocycles. The van der Waals surface area contributed by atoms with Crippen molar-refractivity contribution in [1.29, 1.82) is 0 Å². The van der Waals surface area contributed by atoms with E-state index in [0.29, 0.717) is 24.9 Å². The lowest BCUT2D eigenvalue weighted by molar-refractivity contribution is -0.105. The molecular weight excluding hydrogens is 440 g/mol. The molecule has 1 spiro atoms. The number of hydrogen-bond acceptors (Lipinski definition) is 5. The van der Waals surface area contributed by atoms with Gasteiger partial charge in [-0.25, -0.2) is 4.79 Å². The predicted octanol–water partition coefficient (Wildman–Crippen LogP) is 4.54. The van der Waals surface area contributed by atoms with E-state index in [9.17, 15) is 9.90 Å². The lowest BCUT2D eigenvalue weighted by Gasteiger charge is -2.54. The average Bonchev–Trinajstić information content (AvgIpc) is 2.85. The number of fused-ring (bicyclic) bond motifs is 2. The summed E-state index contributed by atoms with van der Waals surface area (Å²) in [6, 6.07) is 8.82. The molecule has 0 aromatic heterocycles. The first-order chi connectivity index (χ1) is 17.0. The van der Waals surface area contributed by atoms with E-state index in [1.807, 2.05) is 11.8 Å². The van der Waals surface area contributed by atoms with Crippen molar-refractivity contribution in [2.24, 2.45) is 23.7 Å². The molecule has 6 heteroatoms. The van der Waals surface area contributed by atoms with Crippen molar-refractivity contribution >= 4 is 6.09 Å². The van der Waals surface area contributed by atoms with Crippen molar-refractivity contribution in [2.75, 3.05) is 32.8 Å². The van der Waals surface area contributed by atoms with Gasteiger partial charge in [0.1, 0.15) is 6.10 Å². The molecule has 1 amide bonds. The van der Waals surface area contributed by atoms with Crippen LogP contribution in [0.4, 0.5) is 4.79 Å². The highest BCUT2D eigenvalue weighted by Gasteiger charge is 2.50. The number of hydrogen-bond donors (Lipinski definition) is 1. The molecule has 2 heterocycles. The van der Waals surface area contributed by atoms with Gasteiger partial charge >= 0.3 is 6.09 Å². The van der Waals surface area contributed by atoms with Gasteiger partial charge in [0, 0.05) is 51.2 Å². The van der Waals surface area contributed by atoms with E-state index in [1.54, 1.807) is 0 Å². The molecule has 4 aliphatic carbocycles. The summed E-state index contributed by atoms with van der Waals surface area (Å²) in [5.74, 6) is 3.01. The zero-order valence-corrected chi connectivity index (χ0v) is 21.2. The van der Waals surface area contributed by atoms with Crippen LogP contribution in [0.3, 0.4) is 0 Å². The van der Waals surface area contributed by atoms with Crippen molar-refractivity contribution in [3.63, 3.8) is 0 Å². The summed E-state index contributed by atoms with van der Waals surface area (Å²) in [7, 11) is 0. The first-order valence-corrected chi connectivity index (χ1v) is 14.1. The quantitative estimate of drug-likeness (QED) is 0.603. The first-order valence-electron chi connectivity index (χ1n) is 14.1. The Morgan fingerprint density at radius 3 is 2.46 bits per heavy atom. The Hall–Kier alpha value is -1.63. The van der Waals surface area contributed by atoms with E-state index in [4.69, 9.17) is 9.47 Å². The van der Waals surface area contributed by atoms with E-state index >= 15 is 0 Å². The zero-order chi connectivity index (χ0) is 24.0. The third-order valence-corrected chi connectivity index (χ3v) is 9.92. The summed E-state index contributed by atoms with van der Waals surface area (Å²) in [5.41, 5.74) is 2.90. The minimum absolute atomic E-state index is 0.0603. The van der Waals surface area contributed by atoms with Crippen LogP contribution in [0, 0.1) is 23.7 Å². The Bertz CT molecular complexity index is 884. The van der Waals surface area contributed by atoms with Gasteiger partial charge in [-0.05, 0) is 86.7 Å². The Balaban J connectivity index is 1.10. The molecule has 1 unspecified atom stereocenters. The average molecular weight is 483 g/mol. The molecule has 7 rings (SSSR count). The minimum Gasteiger partial charge on any atom is -0.446 e. The van der Waals surface area contributed by atoms with Crippen LogP contribution in [-0.4, -0.2) is 66.2 Å². The number of piperidine rings is 1. The molecule has 5 fully saturated rings. The SMILES string of the molecule is CCOC(O)CCN1Cc2ccccc2C2(CCN(C(=O)OC3C4CC5CC(C4)CC3C5)CC2)C1. The Morgan fingerprint density at radius 1 is 1.09 bits per heavy atom. The topological polar surface area (TPSA) is 62.2 Å². The molecular formula is C29H42N2O4. The van der Waals surface area contributed by atoms with Crippen molar-refractivity contribution in [3.8, 4) is 0 Å². The number of nitrogens with zero attached hydrogens (tertiary/aromatic N) is 2. The standard InChI is InChI=1S/C29H42N2O4/c1-2-34-26(32)7-10-30-18-22-5-3-4-6-25(22)29(19-30)8-11-31(12-9-29)28(33)35-27-23-14-20-13-21(16-23)17-24(27)15-20/h3-6,20-21,23-24,26-27,32H,2,7-19H2,1H3. The highest BCUT2D eigenvalue weighted by molar-refractivity contribution is 5.68. The van der Waals surface area contributed by atoms with Crippen LogP contribution in [0.15, 0.2) is 24.3 Å². The summed E-state index contributed by atoms with van der Waals surface area (Å²) < 4.78 is 11.6. The van der Waals surface area contributed by atoms with Crippen LogP contribution >= 0.6 is 0 Å². The van der Waals surface area contributed by atoms with Crippen LogP contribution in [0.2, 0.25) is 0 Å². The number of likely N-dealkylation sites (tertiary alicyclic amines) is 1. The second kappa shape index (κ2) is 9.68. The van der Waals surface area contributed by atoms with Crippen LogP contribution in [-0.2, 0) is 21.4 Å². The molecule has 1 saturated heterocycles. The zero-order valence-electron chi connectivity index (χ0n) is 21.2. The van der Waals surface area contributed by atoms with Crippen LogP contribution < -0.4 is 0 Å². The number of carbonyl (C=O) groups is 1. The summed E-state index contributed by atoms with van der Waals surface area (Å²) in [6.07, 6.45) is 8.47. The molecule has 1 N–H and O–H groups in total. The summed E-state index contributed by atoms with van der Waals surface area (Å²) in [5, 5.41) is 10.1. The van der Waals surface area contributed by atoms with Gasteiger partial charge < -0.3 is 19.5 Å². The minimum atomic E-state index is -0.699. The number of aliphatic hydroxyl groups is 1. The molecule has 35 heavy (non-hydrogen) atoms. The van der Waals surface area contributed by atoms with Crippen LogP contribution in [0.25, 0.3) is 0 Å². The van der Waals surface area contributed by atoms with Crippen molar-refractivity contribution in [3.05, 3.63) is 35.4 Å². The maximum absolute atomic E-state index is 13.3. The fraction of sp³-hybridized carbons (Fsp3) is 0.759. The van der Waals surface area contributed by atoms with Crippen molar-refractivity contribution in [2.45, 2.75) is 82.6 Å². The lowest BCUT2D eigenvalue weighted by atomic mass is 9.55. The maximum Gasteiger partial charge on any atom is 0.410 e. The highest BCUT2D eigenvalue weighted by Crippen LogP contribution is 2.54. The largest absolute Gasteiger partial charge is 0.446 e. The van der Waals surface area contributed by atoms with Gasteiger partial charge in [0.25, 0.3) is 0 Å². The number of aliphatic hydroxyl groups excluding tert-OH is 1. The monoisotopic (exact) mass is 482 g/mol. The number of benzene rings is 1. The number of amides is 1. The van der Waals surface area contributed by atoms with Gasteiger partial charge in [-0.3, -0.25) is 4.90 Å². The summed E-state index contributed by atoms with van der Waals surface area (Å²) >= 11 is 0. The first kappa shape index (κ1) is 23.7.